The van der Waals surface area contributed by atoms with Gasteiger partial charge in [-0.3, -0.25) is 10.1 Å². The highest BCUT2D eigenvalue weighted by Crippen LogP contribution is 2.18. The number of aromatic nitrogens is 5. The summed E-state index contributed by atoms with van der Waals surface area (Å²) in [5, 5.41) is 10.5. The van der Waals surface area contributed by atoms with Crippen molar-refractivity contribution < 1.29 is 0 Å². The first-order chi connectivity index (χ1) is 10.6. The zero-order valence-electron chi connectivity index (χ0n) is 12.9. The summed E-state index contributed by atoms with van der Waals surface area (Å²) in [6.45, 7) is 6.65. The van der Waals surface area contributed by atoms with Gasteiger partial charge in [-0.25, -0.2) is 9.97 Å². The highest BCUT2D eigenvalue weighted by Gasteiger charge is 2.08. The molecule has 3 heterocycles. The molecule has 3 aromatic heterocycles. The maximum Gasteiger partial charge on any atom is 0.163 e. The Morgan fingerprint density at radius 1 is 1.18 bits per heavy atom. The summed E-state index contributed by atoms with van der Waals surface area (Å²) in [5.74, 6) is 1.47. The van der Waals surface area contributed by atoms with E-state index in [9.17, 15) is 0 Å². The van der Waals surface area contributed by atoms with Gasteiger partial charge in [0.2, 0.25) is 0 Å². The number of rotatable bonds is 4. The normalized spacial score (nSPS) is 10.7. The first kappa shape index (κ1) is 14.2. The number of hydrogen-bond acceptors (Lipinski definition) is 5. The Labute approximate surface area is 129 Å². The van der Waals surface area contributed by atoms with E-state index in [4.69, 9.17) is 0 Å². The molecule has 0 unspecified atom stereocenters. The van der Waals surface area contributed by atoms with Crippen LogP contribution in [-0.2, 0) is 6.54 Å². The van der Waals surface area contributed by atoms with Crippen molar-refractivity contribution in [2.45, 2.75) is 27.3 Å². The molecule has 0 spiro atoms. The Hall–Kier alpha value is -2.76. The van der Waals surface area contributed by atoms with Gasteiger partial charge in [-0.2, -0.15) is 5.10 Å². The van der Waals surface area contributed by atoms with Crippen molar-refractivity contribution in [3.8, 4) is 11.4 Å². The average Bonchev–Trinajstić information content (AvgIpc) is 2.84. The van der Waals surface area contributed by atoms with Crippen LogP contribution in [-0.4, -0.2) is 25.1 Å². The number of hydrogen-bond donors (Lipinski definition) is 2. The fourth-order valence-corrected chi connectivity index (χ4v) is 2.30. The first-order valence-electron chi connectivity index (χ1n) is 7.14. The van der Waals surface area contributed by atoms with Crippen molar-refractivity contribution in [3.05, 3.63) is 53.2 Å². The molecule has 3 aromatic rings. The van der Waals surface area contributed by atoms with Gasteiger partial charge in [0, 0.05) is 47.5 Å². The van der Waals surface area contributed by atoms with Gasteiger partial charge in [-0.05, 0) is 32.9 Å². The van der Waals surface area contributed by atoms with Crippen LogP contribution in [0.25, 0.3) is 11.4 Å². The van der Waals surface area contributed by atoms with Crippen molar-refractivity contribution in [3.63, 3.8) is 0 Å². The molecule has 0 amide bonds. The number of aryl methyl sites for hydroxylation is 3. The van der Waals surface area contributed by atoms with E-state index in [2.05, 4.69) is 30.5 Å². The highest BCUT2D eigenvalue weighted by atomic mass is 15.1. The van der Waals surface area contributed by atoms with Gasteiger partial charge in [0.25, 0.3) is 0 Å². The molecule has 22 heavy (non-hydrogen) atoms. The summed E-state index contributed by atoms with van der Waals surface area (Å²) in [5.41, 5.74) is 5.06. The van der Waals surface area contributed by atoms with Crippen LogP contribution >= 0.6 is 0 Å². The van der Waals surface area contributed by atoms with Gasteiger partial charge in [-0.15, -0.1) is 0 Å². The van der Waals surface area contributed by atoms with Crippen LogP contribution in [0, 0.1) is 20.8 Å². The number of H-pyrrole nitrogens is 1. The lowest BCUT2D eigenvalue weighted by Crippen LogP contribution is -2.05. The Balaban J connectivity index is 1.84. The third-order valence-electron chi connectivity index (χ3n) is 3.50. The van der Waals surface area contributed by atoms with Gasteiger partial charge in [0.05, 0.1) is 5.69 Å². The topological polar surface area (TPSA) is 79.4 Å². The van der Waals surface area contributed by atoms with E-state index in [1.807, 2.05) is 39.0 Å². The molecule has 0 aliphatic heterocycles. The van der Waals surface area contributed by atoms with Gasteiger partial charge < -0.3 is 5.32 Å². The van der Waals surface area contributed by atoms with Gasteiger partial charge in [-0.1, -0.05) is 0 Å². The first-order valence-corrected chi connectivity index (χ1v) is 7.14. The van der Waals surface area contributed by atoms with Crippen LogP contribution in [0.15, 0.2) is 30.6 Å². The second-order valence-electron chi connectivity index (χ2n) is 5.23. The van der Waals surface area contributed by atoms with Crippen LogP contribution in [0.3, 0.4) is 0 Å². The maximum absolute atomic E-state index is 4.57. The van der Waals surface area contributed by atoms with Gasteiger partial charge >= 0.3 is 0 Å². The van der Waals surface area contributed by atoms with Crippen LogP contribution < -0.4 is 5.32 Å². The zero-order chi connectivity index (χ0) is 15.5. The van der Waals surface area contributed by atoms with E-state index in [1.165, 1.54) is 5.56 Å². The molecular weight excluding hydrogens is 276 g/mol. The Morgan fingerprint density at radius 2 is 2.05 bits per heavy atom. The summed E-state index contributed by atoms with van der Waals surface area (Å²) >= 11 is 0. The van der Waals surface area contributed by atoms with Crippen molar-refractivity contribution >= 4 is 5.82 Å². The number of pyridine rings is 1. The van der Waals surface area contributed by atoms with Crippen molar-refractivity contribution in [2.75, 3.05) is 5.32 Å². The molecule has 2 N–H and O–H groups in total. The summed E-state index contributed by atoms with van der Waals surface area (Å²) in [6.07, 6.45) is 3.51. The molecule has 6 nitrogen and oxygen atoms in total. The van der Waals surface area contributed by atoms with Gasteiger partial charge in [0.1, 0.15) is 5.82 Å². The molecule has 3 rings (SSSR count). The zero-order valence-corrected chi connectivity index (χ0v) is 12.9. The number of anilines is 1. The Bertz CT molecular complexity index is 759. The largest absolute Gasteiger partial charge is 0.366 e. The monoisotopic (exact) mass is 294 g/mol. The van der Waals surface area contributed by atoms with Crippen LogP contribution in [0.5, 0.6) is 0 Å². The molecule has 0 saturated heterocycles. The summed E-state index contributed by atoms with van der Waals surface area (Å²) in [6, 6.07) is 5.77. The number of nitrogens with zero attached hydrogens (tertiary/aromatic N) is 4. The molecule has 112 valence electrons. The smallest absolute Gasteiger partial charge is 0.163 e. The molecule has 0 fully saturated rings. The molecule has 0 saturated carbocycles. The molecular formula is C16H18N6. The van der Waals surface area contributed by atoms with Crippen molar-refractivity contribution in [1.82, 2.24) is 25.1 Å². The molecule has 0 radical (unpaired) electrons. The van der Waals surface area contributed by atoms with E-state index in [1.54, 1.807) is 12.4 Å². The molecule has 0 bridgehead atoms. The van der Waals surface area contributed by atoms with E-state index >= 15 is 0 Å². The lowest BCUT2D eigenvalue weighted by molar-refractivity contribution is 1.02. The minimum Gasteiger partial charge on any atom is -0.366 e. The standard InChI is InChI=1S/C16H18N6/c1-10-7-15(18-9-14-11(2)21-22-12(14)3)20-16(19-10)13-5-4-6-17-8-13/h4-8H,9H2,1-3H3,(H,21,22)(H,18,19,20). The van der Waals surface area contributed by atoms with E-state index in [0.29, 0.717) is 12.4 Å². The minimum atomic E-state index is 0.677. The van der Waals surface area contributed by atoms with Crippen LogP contribution in [0.1, 0.15) is 22.6 Å². The highest BCUT2D eigenvalue weighted by molar-refractivity contribution is 5.56. The average molecular weight is 294 g/mol. The lowest BCUT2D eigenvalue weighted by atomic mass is 10.2. The third kappa shape index (κ3) is 2.95. The Morgan fingerprint density at radius 3 is 2.73 bits per heavy atom. The molecule has 0 aliphatic carbocycles. The lowest BCUT2D eigenvalue weighted by Gasteiger charge is -2.09. The maximum atomic E-state index is 4.57. The van der Waals surface area contributed by atoms with Crippen molar-refractivity contribution in [1.29, 1.82) is 0 Å². The third-order valence-corrected chi connectivity index (χ3v) is 3.50. The minimum absolute atomic E-state index is 0.677. The quantitative estimate of drug-likeness (QED) is 0.773. The fourth-order valence-electron chi connectivity index (χ4n) is 2.30. The predicted molar refractivity (Wildman–Crippen MR) is 85.4 cm³/mol. The van der Waals surface area contributed by atoms with E-state index in [0.717, 1.165) is 28.5 Å². The molecule has 0 atom stereocenters. The van der Waals surface area contributed by atoms with Crippen LogP contribution in [0.2, 0.25) is 0 Å². The Kier molecular flexibility index (Phi) is 3.82. The predicted octanol–water partition coefficient (Wildman–Crippen LogP) is 2.80. The summed E-state index contributed by atoms with van der Waals surface area (Å²) in [7, 11) is 0. The van der Waals surface area contributed by atoms with E-state index in [-0.39, 0.29) is 0 Å². The van der Waals surface area contributed by atoms with E-state index < -0.39 is 0 Å². The van der Waals surface area contributed by atoms with Crippen molar-refractivity contribution in [2.24, 2.45) is 0 Å². The summed E-state index contributed by atoms with van der Waals surface area (Å²) in [4.78, 5) is 13.2. The number of nitrogens with one attached hydrogen (secondary N) is 2. The second-order valence-corrected chi connectivity index (χ2v) is 5.23. The van der Waals surface area contributed by atoms with Gasteiger partial charge in [0.15, 0.2) is 5.82 Å². The molecule has 6 heteroatoms. The number of aromatic amines is 1. The fraction of sp³-hybridized carbons (Fsp3) is 0.250. The molecule has 0 aliphatic rings. The van der Waals surface area contributed by atoms with Crippen LogP contribution in [0.4, 0.5) is 5.82 Å². The second kappa shape index (κ2) is 5.93. The molecule has 0 aromatic carbocycles. The SMILES string of the molecule is Cc1cc(NCc2c(C)n[nH]c2C)nc(-c2cccnc2)n1. The summed E-state index contributed by atoms with van der Waals surface area (Å²) < 4.78 is 0.